The van der Waals surface area contributed by atoms with Crippen molar-refractivity contribution in [2.24, 2.45) is 11.3 Å². The van der Waals surface area contributed by atoms with E-state index in [1.165, 1.54) is 0 Å². The highest BCUT2D eigenvalue weighted by molar-refractivity contribution is 6.03. The van der Waals surface area contributed by atoms with Crippen LogP contribution in [0.25, 0.3) is 0 Å². The first kappa shape index (κ1) is 16.7. The van der Waals surface area contributed by atoms with E-state index in [2.05, 4.69) is 20.8 Å². The third-order valence-electron chi connectivity index (χ3n) is 7.87. The Kier molecular flexibility index (Phi) is 3.29. The van der Waals surface area contributed by atoms with E-state index < -0.39 is 11.7 Å². The fourth-order valence-electron chi connectivity index (χ4n) is 5.07. The molecule has 0 aromatic carbocycles. The van der Waals surface area contributed by atoms with E-state index in [1.807, 2.05) is 19.9 Å². The summed E-state index contributed by atoms with van der Waals surface area (Å²) in [7, 11) is 0. The van der Waals surface area contributed by atoms with Gasteiger partial charge in [0, 0.05) is 11.0 Å². The van der Waals surface area contributed by atoms with Crippen molar-refractivity contribution in [3.05, 3.63) is 11.6 Å². The van der Waals surface area contributed by atoms with Crippen LogP contribution in [0.15, 0.2) is 11.6 Å². The summed E-state index contributed by atoms with van der Waals surface area (Å²) in [6.07, 6.45) is 6.22. The highest BCUT2D eigenvalue weighted by Gasteiger charge is 2.64. The molecule has 2 saturated heterocycles. The Balaban J connectivity index is 1.74. The van der Waals surface area contributed by atoms with Crippen molar-refractivity contribution in [3.63, 3.8) is 0 Å². The van der Waals surface area contributed by atoms with Crippen molar-refractivity contribution >= 4 is 5.78 Å². The Morgan fingerprint density at radius 2 is 1.79 bits per heavy atom. The van der Waals surface area contributed by atoms with Gasteiger partial charge in [0.25, 0.3) is 0 Å². The standard InChI is InChI=1S/C20H30O4/c1-12-6-7-13-15(21)16-19(4,24-16)9-8-14-18(3,23-14)11-10-17(12,2)20(13,5)22/h7,12,14,16,22H,6,8-11H2,1-5H3. The van der Waals surface area contributed by atoms with Gasteiger partial charge < -0.3 is 14.6 Å². The lowest BCUT2D eigenvalue weighted by Crippen LogP contribution is -2.54. The molecule has 0 amide bonds. The molecule has 0 radical (unpaired) electrons. The number of carbonyl (C=O) groups is 1. The summed E-state index contributed by atoms with van der Waals surface area (Å²) >= 11 is 0. The van der Waals surface area contributed by atoms with Crippen LogP contribution in [0.4, 0.5) is 0 Å². The maximum absolute atomic E-state index is 13.1. The van der Waals surface area contributed by atoms with Gasteiger partial charge in [-0.05, 0) is 58.8 Å². The largest absolute Gasteiger partial charge is 0.385 e. The number of hydrogen-bond donors (Lipinski definition) is 1. The smallest absolute Gasteiger partial charge is 0.193 e. The normalized spacial score (nSPS) is 57.0. The van der Waals surface area contributed by atoms with Crippen LogP contribution in [-0.2, 0) is 14.3 Å². The van der Waals surface area contributed by atoms with Gasteiger partial charge in [-0.2, -0.15) is 0 Å². The highest BCUT2D eigenvalue weighted by Crippen LogP contribution is 2.57. The van der Waals surface area contributed by atoms with Crippen molar-refractivity contribution in [2.75, 3.05) is 0 Å². The molecule has 3 fully saturated rings. The summed E-state index contributed by atoms with van der Waals surface area (Å²) in [5.41, 5.74) is -1.37. The summed E-state index contributed by atoms with van der Waals surface area (Å²) in [5.74, 6) is 0.306. The van der Waals surface area contributed by atoms with Gasteiger partial charge in [0.15, 0.2) is 5.78 Å². The molecule has 1 N–H and O–H groups in total. The fourth-order valence-corrected chi connectivity index (χ4v) is 5.07. The van der Waals surface area contributed by atoms with E-state index in [1.54, 1.807) is 0 Å². The second kappa shape index (κ2) is 4.72. The van der Waals surface area contributed by atoms with Crippen molar-refractivity contribution in [1.82, 2.24) is 0 Å². The summed E-state index contributed by atoms with van der Waals surface area (Å²) < 4.78 is 11.8. The molecule has 2 bridgehead atoms. The number of aliphatic hydroxyl groups is 1. The summed E-state index contributed by atoms with van der Waals surface area (Å²) in [6.45, 7) is 10.3. The van der Waals surface area contributed by atoms with Gasteiger partial charge >= 0.3 is 0 Å². The number of epoxide rings is 2. The molecule has 7 atom stereocenters. The Morgan fingerprint density at radius 3 is 2.50 bits per heavy atom. The third kappa shape index (κ3) is 2.12. The van der Waals surface area contributed by atoms with E-state index in [-0.39, 0.29) is 28.5 Å². The minimum atomic E-state index is -1.13. The zero-order chi connectivity index (χ0) is 17.5. The molecule has 134 valence electrons. The maximum atomic E-state index is 13.1. The Hall–Kier alpha value is -0.710. The number of hydrogen-bond acceptors (Lipinski definition) is 4. The van der Waals surface area contributed by atoms with Gasteiger partial charge in [0.05, 0.1) is 17.3 Å². The Morgan fingerprint density at radius 1 is 1.08 bits per heavy atom. The average Bonchev–Trinajstić information content (AvgIpc) is 3.36. The molecular formula is C20H30O4. The van der Waals surface area contributed by atoms with Crippen molar-refractivity contribution in [2.45, 2.75) is 95.7 Å². The van der Waals surface area contributed by atoms with E-state index in [0.717, 1.165) is 32.1 Å². The second-order valence-electron chi connectivity index (χ2n) is 9.38. The average molecular weight is 334 g/mol. The highest BCUT2D eigenvalue weighted by atomic mass is 16.6. The molecule has 0 aromatic heterocycles. The van der Waals surface area contributed by atoms with Crippen LogP contribution in [0.5, 0.6) is 0 Å². The van der Waals surface area contributed by atoms with Crippen LogP contribution in [-0.4, -0.2) is 39.9 Å². The molecule has 0 aromatic rings. The number of allylic oxidation sites excluding steroid dienone is 1. The van der Waals surface area contributed by atoms with Crippen LogP contribution >= 0.6 is 0 Å². The summed E-state index contributed by atoms with van der Waals surface area (Å²) in [6, 6.07) is 0. The lowest BCUT2D eigenvalue weighted by atomic mass is 9.56. The van der Waals surface area contributed by atoms with E-state index in [4.69, 9.17) is 9.47 Å². The minimum absolute atomic E-state index is 0.0133. The minimum Gasteiger partial charge on any atom is -0.385 e. The van der Waals surface area contributed by atoms with Crippen molar-refractivity contribution in [3.8, 4) is 0 Å². The number of ether oxygens (including phenoxy) is 2. The third-order valence-corrected chi connectivity index (χ3v) is 7.87. The lowest BCUT2D eigenvalue weighted by Gasteiger charge is -2.51. The van der Waals surface area contributed by atoms with E-state index in [9.17, 15) is 9.90 Å². The van der Waals surface area contributed by atoms with Crippen LogP contribution in [0.1, 0.15) is 66.7 Å². The van der Waals surface area contributed by atoms with E-state index in [0.29, 0.717) is 11.5 Å². The first-order chi connectivity index (χ1) is 11.0. The molecule has 4 aliphatic rings. The van der Waals surface area contributed by atoms with Gasteiger partial charge in [-0.15, -0.1) is 0 Å². The monoisotopic (exact) mass is 334 g/mol. The molecule has 4 nitrogen and oxygen atoms in total. The van der Waals surface area contributed by atoms with Crippen molar-refractivity contribution in [1.29, 1.82) is 0 Å². The molecular weight excluding hydrogens is 304 g/mol. The van der Waals surface area contributed by atoms with Crippen LogP contribution < -0.4 is 0 Å². The summed E-state index contributed by atoms with van der Waals surface area (Å²) in [4.78, 5) is 13.1. The Bertz CT molecular complexity index is 623. The predicted octanol–water partition coefficient (Wildman–Crippen LogP) is 3.17. The van der Waals surface area contributed by atoms with Gasteiger partial charge in [-0.25, -0.2) is 0 Å². The predicted molar refractivity (Wildman–Crippen MR) is 90.6 cm³/mol. The van der Waals surface area contributed by atoms with Crippen LogP contribution in [0, 0.1) is 11.3 Å². The van der Waals surface area contributed by atoms with Crippen LogP contribution in [0.2, 0.25) is 0 Å². The molecule has 1 saturated carbocycles. The molecule has 7 unspecified atom stereocenters. The zero-order valence-corrected chi connectivity index (χ0v) is 15.5. The molecule has 2 heterocycles. The molecule has 4 rings (SSSR count). The quantitative estimate of drug-likeness (QED) is 0.691. The number of fused-ring (bicyclic) bond motifs is 4. The first-order valence-electron chi connectivity index (χ1n) is 9.36. The molecule has 4 heteroatoms. The van der Waals surface area contributed by atoms with Crippen molar-refractivity contribution < 1.29 is 19.4 Å². The number of rotatable bonds is 0. The molecule has 24 heavy (non-hydrogen) atoms. The second-order valence-corrected chi connectivity index (χ2v) is 9.38. The number of ketones is 1. The number of carbonyl (C=O) groups excluding carboxylic acids is 1. The van der Waals surface area contributed by atoms with Gasteiger partial charge in [0.2, 0.25) is 0 Å². The molecule has 2 aliphatic carbocycles. The van der Waals surface area contributed by atoms with Gasteiger partial charge in [-0.1, -0.05) is 19.9 Å². The Labute approximate surface area is 144 Å². The number of Topliss-reactive ketones (excluding diaryl/α,β-unsaturated/α-hetero) is 1. The lowest BCUT2D eigenvalue weighted by molar-refractivity contribution is -0.125. The van der Waals surface area contributed by atoms with Crippen LogP contribution in [0.3, 0.4) is 0 Å². The molecule has 0 spiro atoms. The van der Waals surface area contributed by atoms with Gasteiger partial charge in [-0.3, -0.25) is 4.79 Å². The zero-order valence-electron chi connectivity index (χ0n) is 15.5. The fraction of sp³-hybridized carbons (Fsp3) is 0.850. The first-order valence-corrected chi connectivity index (χ1v) is 9.36. The van der Waals surface area contributed by atoms with E-state index >= 15 is 0 Å². The molecule has 2 aliphatic heterocycles. The maximum Gasteiger partial charge on any atom is 0.193 e. The van der Waals surface area contributed by atoms with Gasteiger partial charge in [0.1, 0.15) is 11.7 Å². The summed E-state index contributed by atoms with van der Waals surface area (Å²) in [5, 5.41) is 11.5. The topological polar surface area (TPSA) is 62.4 Å². The SMILES string of the molecule is CC1CC=C2C(=O)C3OC3(C)CCC3OC3(C)CCC1(C)C2(C)O.